The quantitative estimate of drug-likeness (QED) is 0.458. The topological polar surface area (TPSA) is 96.1 Å². The average Bonchev–Trinajstić information content (AvgIpc) is 2.86. The number of hydrogen-bond acceptors (Lipinski definition) is 6. The van der Waals surface area contributed by atoms with Gasteiger partial charge in [0.2, 0.25) is 0 Å². The number of fused-ring (bicyclic) bond motifs is 3. The molecule has 2 aromatic carbocycles. The van der Waals surface area contributed by atoms with Crippen molar-refractivity contribution in [3.8, 4) is 22.8 Å². The number of nitrogens with one attached hydrogen (secondary N) is 1. The highest BCUT2D eigenvalue weighted by Gasteiger charge is 2.35. The Labute approximate surface area is 240 Å². The van der Waals surface area contributed by atoms with E-state index in [4.69, 9.17) is 19.2 Å². The van der Waals surface area contributed by atoms with Crippen LogP contribution in [-0.4, -0.2) is 41.1 Å². The van der Waals surface area contributed by atoms with Crippen LogP contribution in [0, 0.1) is 20.8 Å². The van der Waals surface area contributed by atoms with Gasteiger partial charge in [-0.05, 0) is 89.6 Å². The highest BCUT2D eigenvalue weighted by atomic mass is 16.6. The lowest BCUT2D eigenvalue weighted by Crippen LogP contribution is -2.52. The van der Waals surface area contributed by atoms with Crippen LogP contribution in [0.3, 0.4) is 0 Å². The van der Waals surface area contributed by atoms with Gasteiger partial charge in [-0.1, -0.05) is 17.7 Å². The number of amides is 1. The summed E-state index contributed by atoms with van der Waals surface area (Å²) < 4.78 is 20.2. The molecule has 1 saturated carbocycles. The third-order valence-electron chi connectivity index (χ3n) is 7.79. The molecule has 0 unspecified atom stereocenters. The van der Waals surface area contributed by atoms with Crippen LogP contribution in [0.2, 0.25) is 0 Å². The maximum Gasteiger partial charge on any atom is 0.407 e. The molecule has 0 bridgehead atoms. The van der Waals surface area contributed by atoms with Crippen molar-refractivity contribution in [2.75, 3.05) is 14.2 Å². The molecular weight excluding hydrogens is 520 g/mol. The fourth-order valence-corrected chi connectivity index (χ4v) is 5.92. The summed E-state index contributed by atoms with van der Waals surface area (Å²) in [7, 11) is 3.24. The number of benzene rings is 2. The molecule has 41 heavy (non-hydrogen) atoms. The minimum absolute atomic E-state index is 0.0732. The van der Waals surface area contributed by atoms with Gasteiger partial charge in [0.15, 0.2) is 11.5 Å². The predicted molar refractivity (Wildman–Crippen MR) is 158 cm³/mol. The molecule has 3 aromatic rings. The normalized spacial score (nSPS) is 18.2. The van der Waals surface area contributed by atoms with Crippen molar-refractivity contribution in [3.05, 3.63) is 68.6 Å². The largest absolute Gasteiger partial charge is 0.493 e. The molecule has 0 atom stereocenters. The van der Waals surface area contributed by atoms with Crippen molar-refractivity contribution in [2.24, 2.45) is 4.99 Å². The summed E-state index contributed by atoms with van der Waals surface area (Å²) in [6.07, 6.45) is 1.50. The van der Waals surface area contributed by atoms with E-state index in [1.165, 1.54) is 5.56 Å². The van der Waals surface area contributed by atoms with Gasteiger partial charge in [-0.25, -0.2) is 14.6 Å². The van der Waals surface area contributed by atoms with Crippen LogP contribution in [0.4, 0.5) is 10.5 Å². The summed E-state index contributed by atoms with van der Waals surface area (Å²) in [5, 5.41) is 2.94. The van der Waals surface area contributed by atoms with Gasteiger partial charge >= 0.3 is 11.8 Å². The van der Waals surface area contributed by atoms with Gasteiger partial charge in [-0.3, -0.25) is 9.13 Å². The number of aryl methyl sites for hydroxylation is 4. The molecule has 0 saturated heterocycles. The number of alkyl carbamates (subject to hydrolysis) is 1. The molecule has 1 aliphatic heterocycles. The summed E-state index contributed by atoms with van der Waals surface area (Å²) in [4.78, 5) is 31.6. The van der Waals surface area contributed by atoms with Gasteiger partial charge in [-0.2, -0.15) is 0 Å². The lowest BCUT2D eigenvalue weighted by atomic mass is 9.86. The first-order chi connectivity index (χ1) is 19.4. The van der Waals surface area contributed by atoms with E-state index in [-0.39, 0.29) is 17.8 Å². The maximum atomic E-state index is 14.2. The smallest absolute Gasteiger partial charge is 0.407 e. The highest BCUT2D eigenvalue weighted by Crippen LogP contribution is 2.38. The molecule has 1 aromatic heterocycles. The van der Waals surface area contributed by atoms with Crippen LogP contribution in [0.5, 0.6) is 11.5 Å². The first-order valence-corrected chi connectivity index (χ1v) is 14.1. The monoisotopic (exact) mass is 560 g/mol. The van der Waals surface area contributed by atoms with E-state index in [1.54, 1.807) is 18.8 Å². The summed E-state index contributed by atoms with van der Waals surface area (Å²) >= 11 is 0. The molecule has 9 heteroatoms. The summed E-state index contributed by atoms with van der Waals surface area (Å²) in [6, 6.07) is 9.99. The fourth-order valence-electron chi connectivity index (χ4n) is 5.92. The average molecular weight is 561 g/mol. The van der Waals surface area contributed by atoms with E-state index < -0.39 is 11.7 Å². The number of carbonyl (C=O) groups excluding carboxylic acids is 1. The zero-order valence-electron chi connectivity index (χ0n) is 25.3. The Balaban J connectivity index is 1.62. The summed E-state index contributed by atoms with van der Waals surface area (Å²) in [6.45, 7) is 12.2. The van der Waals surface area contributed by atoms with Gasteiger partial charge in [0.05, 0.1) is 25.6 Å². The predicted octanol–water partition coefficient (Wildman–Crippen LogP) is 5.28. The molecule has 2 heterocycles. The van der Waals surface area contributed by atoms with Gasteiger partial charge < -0.3 is 19.5 Å². The van der Waals surface area contributed by atoms with E-state index in [0.29, 0.717) is 42.8 Å². The second kappa shape index (κ2) is 10.8. The standard InChI is InChI=1S/C32H40N4O5/c1-18-11-19(2)29(20(3)12-18)34-28-17-25-24-16-27(40-8)26(39-7)13-21(24)9-10-35(25)31(38)36(28)23-14-22(15-23)33-30(37)41-32(4,5)6/h11-13,16-17,22-23H,9-10,14-15H2,1-8H3,(H,33,37)/b34-28+. The molecular formula is C32H40N4O5. The fraction of sp³-hybridized carbons (Fsp3) is 0.469. The number of methoxy groups -OCH3 is 2. The molecule has 1 amide bonds. The van der Waals surface area contributed by atoms with Crippen LogP contribution in [0.15, 0.2) is 40.1 Å². The van der Waals surface area contributed by atoms with E-state index in [2.05, 4.69) is 24.4 Å². The van der Waals surface area contributed by atoms with Crippen molar-refractivity contribution in [2.45, 2.75) is 85.0 Å². The highest BCUT2D eigenvalue weighted by molar-refractivity contribution is 5.70. The van der Waals surface area contributed by atoms with Crippen molar-refractivity contribution in [3.63, 3.8) is 0 Å². The van der Waals surface area contributed by atoms with Crippen molar-refractivity contribution in [1.82, 2.24) is 14.5 Å². The Bertz CT molecular complexity index is 1610. The van der Waals surface area contributed by atoms with Crippen LogP contribution >= 0.6 is 0 Å². The van der Waals surface area contributed by atoms with Crippen molar-refractivity contribution < 1.29 is 19.0 Å². The van der Waals surface area contributed by atoms with Gasteiger partial charge in [0.25, 0.3) is 0 Å². The molecule has 5 rings (SSSR count). The molecule has 1 N–H and O–H groups in total. The van der Waals surface area contributed by atoms with Crippen molar-refractivity contribution >= 4 is 11.8 Å². The summed E-state index contributed by atoms with van der Waals surface area (Å²) in [5.74, 6) is 1.28. The zero-order valence-corrected chi connectivity index (χ0v) is 25.3. The minimum Gasteiger partial charge on any atom is -0.493 e. The Morgan fingerprint density at radius 2 is 1.61 bits per heavy atom. The van der Waals surface area contributed by atoms with E-state index in [9.17, 15) is 9.59 Å². The molecule has 9 nitrogen and oxygen atoms in total. The zero-order chi connectivity index (χ0) is 29.6. The Kier molecular flexibility index (Phi) is 7.48. The van der Waals surface area contributed by atoms with E-state index in [1.807, 2.05) is 57.4 Å². The Hall–Kier alpha value is -4.01. The minimum atomic E-state index is -0.571. The summed E-state index contributed by atoms with van der Waals surface area (Å²) in [5.41, 5.74) is 6.89. The van der Waals surface area contributed by atoms with Gasteiger partial charge in [-0.15, -0.1) is 0 Å². The lowest BCUT2D eigenvalue weighted by Gasteiger charge is -2.38. The molecule has 0 radical (unpaired) electrons. The van der Waals surface area contributed by atoms with Crippen LogP contribution in [-0.2, 0) is 17.7 Å². The lowest BCUT2D eigenvalue weighted by molar-refractivity contribution is 0.0453. The Morgan fingerprint density at radius 1 is 0.976 bits per heavy atom. The number of nitrogens with zero attached hydrogens (tertiary/aromatic N) is 3. The molecule has 1 fully saturated rings. The molecule has 218 valence electrons. The Morgan fingerprint density at radius 3 is 2.22 bits per heavy atom. The number of ether oxygens (including phenoxy) is 3. The first kappa shape index (κ1) is 28.5. The van der Waals surface area contributed by atoms with Crippen LogP contribution in [0.1, 0.15) is 61.9 Å². The second-order valence-electron chi connectivity index (χ2n) is 12.1. The van der Waals surface area contributed by atoms with Crippen LogP contribution in [0.25, 0.3) is 11.3 Å². The molecule has 1 aliphatic carbocycles. The van der Waals surface area contributed by atoms with Gasteiger partial charge in [0, 0.05) is 30.3 Å². The SMILES string of the molecule is COc1cc2c(cc1OC)-c1c/c(=N\c3c(C)cc(C)cc3C)n(C3CC(NC(=O)OC(C)(C)C)C3)c(=O)n1CC2. The second-order valence-corrected chi connectivity index (χ2v) is 12.1. The number of carbonyl (C=O) groups is 1. The number of aromatic nitrogens is 2. The number of rotatable bonds is 5. The van der Waals surface area contributed by atoms with Gasteiger partial charge in [0.1, 0.15) is 11.1 Å². The number of hydrogen-bond donors (Lipinski definition) is 1. The van der Waals surface area contributed by atoms with E-state index in [0.717, 1.165) is 33.6 Å². The third-order valence-corrected chi connectivity index (χ3v) is 7.79. The molecule has 2 aliphatic rings. The van der Waals surface area contributed by atoms with Crippen molar-refractivity contribution in [1.29, 1.82) is 0 Å². The molecule has 0 spiro atoms. The van der Waals surface area contributed by atoms with E-state index >= 15 is 0 Å². The van der Waals surface area contributed by atoms with Crippen LogP contribution < -0.4 is 26.0 Å². The first-order valence-electron chi connectivity index (χ1n) is 14.1. The maximum absolute atomic E-state index is 14.2. The third kappa shape index (κ3) is 5.62.